The molecule has 0 aromatic heterocycles. The highest BCUT2D eigenvalue weighted by molar-refractivity contribution is 7.99. The molecule has 0 aliphatic carbocycles. The summed E-state index contributed by atoms with van der Waals surface area (Å²) in [5.41, 5.74) is 0. The number of alkyl halides is 2. The highest BCUT2D eigenvalue weighted by atomic mass is 32.2. The Balaban J connectivity index is 3.22. The molecule has 0 saturated heterocycles. The minimum absolute atomic E-state index is 0.0190. The first-order valence-corrected chi connectivity index (χ1v) is 7.28. The minimum Gasteiger partial charge on any atom is -0.465 e. The molecular formula is C12H22F2O2S. The maximum absolute atomic E-state index is 12.8. The molecule has 0 atom stereocenters. The largest absolute Gasteiger partial charge is 0.465 e. The highest BCUT2D eigenvalue weighted by Crippen LogP contribution is 2.24. The average molecular weight is 268 g/mol. The van der Waals surface area contributed by atoms with Crippen molar-refractivity contribution in [2.24, 2.45) is 0 Å². The van der Waals surface area contributed by atoms with Crippen molar-refractivity contribution in [3.05, 3.63) is 0 Å². The predicted octanol–water partition coefficient (Wildman–Crippen LogP) is 3.89. The molecule has 2 nitrogen and oxygen atoms in total. The van der Waals surface area contributed by atoms with Gasteiger partial charge in [0.25, 0.3) is 0 Å². The summed E-state index contributed by atoms with van der Waals surface area (Å²) in [5.74, 6) is -1.09. The molecule has 0 N–H and O–H groups in total. The monoisotopic (exact) mass is 268 g/mol. The summed E-state index contributed by atoms with van der Waals surface area (Å²) in [6.45, 7) is 3.68. The maximum atomic E-state index is 12.8. The van der Waals surface area contributed by atoms with Crippen LogP contribution >= 0.6 is 11.8 Å². The summed E-state index contributed by atoms with van der Waals surface area (Å²) in [6.07, 6.45) is 1.66. The zero-order chi connectivity index (χ0) is 13.1. The number of carbonyl (C=O) groups excluding carboxylic acids is 1. The molecule has 0 heterocycles. The summed E-state index contributed by atoms with van der Waals surface area (Å²) < 4.78 is 30.6. The molecule has 0 aliphatic rings. The first-order valence-electron chi connectivity index (χ1n) is 6.13. The van der Waals surface area contributed by atoms with Crippen molar-refractivity contribution in [2.45, 2.75) is 51.9 Å². The van der Waals surface area contributed by atoms with E-state index in [2.05, 4.69) is 0 Å². The minimum atomic E-state index is -2.50. The summed E-state index contributed by atoms with van der Waals surface area (Å²) in [4.78, 5) is 10.8. The van der Waals surface area contributed by atoms with Gasteiger partial charge in [-0.25, -0.2) is 8.78 Å². The normalized spacial score (nSPS) is 11.5. The molecule has 17 heavy (non-hydrogen) atoms. The zero-order valence-corrected chi connectivity index (χ0v) is 11.5. The third-order valence-corrected chi connectivity index (χ3v) is 3.41. The van der Waals surface area contributed by atoms with Crippen LogP contribution in [0.2, 0.25) is 0 Å². The fourth-order valence-corrected chi connectivity index (χ4v) is 2.00. The van der Waals surface area contributed by atoms with Gasteiger partial charge in [0.05, 0.1) is 0 Å². The van der Waals surface area contributed by atoms with Gasteiger partial charge in [0.2, 0.25) is 5.92 Å². The van der Waals surface area contributed by atoms with E-state index in [4.69, 9.17) is 4.74 Å². The number of hydrogen-bond acceptors (Lipinski definition) is 3. The van der Waals surface area contributed by atoms with E-state index in [1.54, 1.807) is 18.7 Å². The van der Waals surface area contributed by atoms with Gasteiger partial charge in [-0.3, -0.25) is 4.79 Å². The summed E-state index contributed by atoms with van der Waals surface area (Å²) in [5, 5.41) is 0. The second-order valence-corrected chi connectivity index (χ2v) is 5.08. The van der Waals surface area contributed by atoms with Crippen molar-refractivity contribution in [3.8, 4) is 0 Å². The lowest BCUT2D eigenvalue weighted by atomic mass is 10.1. The molecule has 0 aliphatic heterocycles. The molecule has 0 saturated carbocycles. The lowest BCUT2D eigenvalue weighted by Gasteiger charge is -2.12. The molecular weight excluding hydrogens is 246 g/mol. The Labute approximate surface area is 106 Å². The smallest absolute Gasteiger partial charge is 0.305 e. The number of thioether (sulfide) groups is 1. The summed E-state index contributed by atoms with van der Waals surface area (Å²) in [6, 6.07) is 0. The Bertz CT molecular complexity index is 211. The Morgan fingerprint density at radius 3 is 2.53 bits per heavy atom. The number of unbranched alkanes of at least 4 members (excludes halogenated alkanes) is 1. The predicted molar refractivity (Wildman–Crippen MR) is 67.7 cm³/mol. The van der Waals surface area contributed by atoms with Gasteiger partial charge in [0, 0.05) is 25.0 Å². The van der Waals surface area contributed by atoms with Crippen LogP contribution in [0.5, 0.6) is 0 Å². The van der Waals surface area contributed by atoms with Gasteiger partial charge in [-0.2, -0.15) is 11.8 Å². The number of halogens is 2. The van der Waals surface area contributed by atoms with Gasteiger partial charge in [0.1, 0.15) is 6.61 Å². The van der Waals surface area contributed by atoms with Crippen LogP contribution in [0.15, 0.2) is 0 Å². The number of carbonyl (C=O) groups is 1. The van der Waals surface area contributed by atoms with Crippen molar-refractivity contribution in [1.29, 1.82) is 0 Å². The number of rotatable bonds is 10. The molecule has 0 rings (SSSR count). The first-order chi connectivity index (χ1) is 8.02. The van der Waals surface area contributed by atoms with Crippen molar-refractivity contribution >= 4 is 17.7 Å². The lowest BCUT2D eigenvalue weighted by Crippen LogP contribution is -2.13. The van der Waals surface area contributed by atoms with Crippen molar-refractivity contribution < 1.29 is 18.3 Å². The van der Waals surface area contributed by atoms with E-state index in [-0.39, 0.29) is 18.8 Å². The second kappa shape index (κ2) is 9.68. The second-order valence-electron chi connectivity index (χ2n) is 3.85. The fraction of sp³-hybridized carbons (Fsp3) is 0.917. The Hall–Kier alpha value is -0.320. The van der Waals surface area contributed by atoms with Gasteiger partial charge in [-0.15, -0.1) is 0 Å². The average Bonchev–Trinajstić information content (AvgIpc) is 2.32. The van der Waals surface area contributed by atoms with Gasteiger partial charge in [-0.1, -0.05) is 13.8 Å². The highest BCUT2D eigenvalue weighted by Gasteiger charge is 2.24. The van der Waals surface area contributed by atoms with Gasteiger partial charge in [0.15, 0.2) is 0 Å². The van der Waals surface area contributed by atoms with Crippen LogP contribution in [0.25, 0.3) is 0 Å². The van der Waals surface area contributed by atoms with E-state index in [0.717, 1.165) is 17.9 Å². The van der Waals surface area contributed by atoms with Crippen LogP contribution in [0.4, 0.5) is 8.78 Å². The molecule has 0 aromatic carbocycles. The molecule has 0 amide bonds. The third kappa shape index (κ3) is 10.5. The first kappa shape index (κ1) is 16.7. The van der Waals surface area contributed by atoms with E-state index in [1.807, 2.05) is 0 Å². The van der Waals surface area contributed by atoms with Crippen molar-refractivity contribution in [2.75, 3.05) is 18.1 Å². The molecule has 102 valence electrons. The topological polar surface area (TPSA) is 26.3 Å². The van der Waals surface area contributed by atoms with Crippen LogP contribution in [-0.4, -0.2) is 30.0 Å². The number of ether oxygens (including phenoxy) is 1. The number of hydrogen-bond donors (Lipinski definition) is 0. The standard InChI is InChI=1S/C12H22F2O2S/c1-3-11(15)16-8-10-17-9-6-5-7-12(13,14)4-2/h3-10H2,1-2H3. The quantitative estimate of drug-likeness (QED) is 0.444. The van der Waals surface area contributed by atoms with E-state index < -0.39 is 5.92 Å². The molecule has 0 bridgehead atoms. The molecule has 0 radical (unpaired) electrons. The summed E-state index contributed by atoms with van der Waals surface area (Å²) >= 11 is 1.64. The van der Waals surface area contributed by atoms with Crippen molar-refractivity contribution in [3.63, 3.8) is 0 Å². The molecule has 0 fully saturated rings. The third-order valence-electron chi connectivity index (χ3n) is 2.38. The van der Waals surface area contributed by atoms with Crippen molar-refractivity contribution in [1.82, 2.24) is 0 Å². The Morgan fingerprint density at radius 1 is 1.24 bits per heavy atom. The Kier molecular flexibility index (Phi) is 9.50. The van der Waals surface area contributed by atoms with Gasteiger partial charge in [-0.05, 0) is 18.6 Å². The van der Waals surface area contributed by atoms with Crippen LogP contribution in [0.3, 0.4) is 0 Å². The maximum Gasteiger partial charge on any atom is 0.305 e. The zero-order valence-electron chi connectivity index (χ0n) is 10.6. The van der Waals surface area contributed by atoms with Crippen LogP contribution < -0.4 is 0 Å². The van der Waals surface area contributed by atoms with Crippen LogP contribution in [-0.2, 0) is 9.53 Å². The van der Waals surface area contributed by atoms with E-state index in [9.17, 15) is 13.6 Å². The molecule has 0 aromatic rings. The Morgan fingerprint density at radius 2 is 1.94 bits per heavy atom. The van der Waals surface area contributed by atoms with Gasteiger partial charge >= 0.3 is 5.97 Å². The van der Waals surface area contributed by atoms with Crippen LogP contribution in [0, 0.1) is 0 Å². The number of esters is 1. The van der Waals surface area contributed by atoms with Crippen LogP contribution in [0.1, 0.15) is 46.0 Å². The van der Waals surface area contributed by atoms with E-state index >= 15 is 0 Å². The molecule has 0 spiro atoms. The SMILES string of the molecule is CCC(=O)OCCSCCCCC(F)(F)CC. The molecule has 5 heteroatoms. The lowest BCUT2D eigenvalue weighted by molar-refractivity contribution is -0.142. The van der Waals surface area contributed by atoms with E-state index in [0.29, 0.717) is 19.4 Å². The van der Waals surface area contributed by atoms with E-state index in [1.165, 1.54) is 6.92 Å². The summed E-state index contributed by atoms with van der Waals surface area (Å²) in [7, 11) is 0. The molecule has 0 unspecified atom stereocenters. The fourth-order valence-electron chi connectivity index (χ4n) is 1.18. The van der Waals surface area contributed by atoms with Gasteiger partial charge < -0.3 is 4.74 Å².